The third-order valence-electron chi connectivity index (χ3n) is 3.84. The lowest BCUT2D eigenvalue weighted by molar-refractivity contribution is 0.0412. The number of ether oxygens (including phenoxy) is 1. The number of hydrogen-bond donors (Lipinski definition) is 2. The topological polar surface area (TPSA) is 55.5 Å². The number of hydrogen-bond acceptors (Lipinski definition) is 3. The quantitative estimate of drug-likeness (QED) is 0.841. The van der Waals surface area contributed by atoms with Crippen molar-refractivity contribution in [2.75, 3.05) is 7.11 Å². The van der Waals surface area contributed by atoms with Crippen LogP contribution in [-0.4, -0.2) is 18.3 Å². The lowest BCUT2D eigenvalue weighted by atomic mass is 9.77. The summed E-state index contributed by atoms with van der Waals surface area (Å²) >= 11 is 0. The number of benzene rings is 1. The van der Waals surface area contributed by atoms with Crippen LogP contribution in [0.1, 0.15) is 36.4 Å². The van der Waals surface area contributed by atoms with E-state index < -0.39 is 6.10 Å². The predicted molar refractivity (Wildman–Crippen MR) is 68.0 cm³/mol. The van der Waals surface area contributed by atoms with Gasteiger partial charge in [0.15, 0.2) is 0 Å². The van der Waals surface area contributed by atoms with Crippen LogP contribution in [0.25, 0.3) is 0 Å². The number of nitrogens with two attached hydrogens (primary N) is 1. The Morgan fingerprint density at radius 1 is 1.41 bits per heavy atom. The molecule has 3 nitrogen and oxygen atoms in total. The Hall–Kier alpha value is -1.06. The Morgan fingerprint density at radius 3 is 2.59 bits per heavy atom. The van der Waals surface area contributed by atoms with E-state index in [1.807, 2.05) is 25.1 Å². The summed E-state index contributed by atoms with van der Waals surface area (Å²) in [6, 6.07) is 5.53. The molecule has 2 atom stereocenters. The lowest BCUT2D eigenvalue weighted by Gasteiger charge is -2.34. The summed E-state index contributed by atoms with van der Waals surface area (Å²) in [4.78, 5) is 0. The van der Waals surface area contributed by atoms with E-state index in [2.05, 4.69) is 0 Å². The van der Waals surface area contributed by atoms with Gasteiger partial charge >= 0.3 is 0 Å². The van der Waals surface area contributed by atoms with E-state index in [1.165, 1.54) is 6.42 Å². The fourth-order valence-electron chi connectivity index (χ4n) is 2.41. The van der Waals surface area contributed by atoms with Crippen LogP contribution in [-0.2, 0) is 0 Å². The molecule has 17 heavy (non-hydrogen) atoms. The molecule has 1 aliphatic rings. The molecule has 1 fully saturated rings. The molecule has 0 aromatic heterocycles. The third kappa shape index (κ3) is 2.45. The standard InChI is InChI=1S/C14H21NO2/c1-9-8-11(17-2)6-7-12(9)13(15)14(16)10-4-3-5-10/h6-8,10,13-14,16H,3-5,15H2,1-2H3/t13-,14+/m1/s1. The first-order valence-corrected chi connectivity index (χ1v) is 6.21. The van der Waals surface area contributed by atoms with Gasteiger partial charge in [0.2, 0.25) is 0 Å². The fraction of sp³-hybridized carbons (Fsp3) is 0.571. The highest BCUT2D eigenvalue weighted by Gasteiger charge is 2.31. The summed E-state index contributed by atoms with van der Waals surface area (Å²) in [7, 11) is 1.65. The van der Waals surface area contributed by atoms with Crippen LogP contribution in [0.5, 0.6) is 5.75 Å². The molecule has 0 unspecified atom stereocenters. The number of methoxy groups -OCH3 is 1. The summed E-state index contributed by atoms with van der Waals surface area (Å²) in [5.41, 5.74) is 8.25. The maximum absolute atomic E-state index is 10.2. The van der Waals surface area contributed by atoms with Gasteiger partial charge in [-0.2, -0.15) is 0 Å². The van der Waals surface area contributed by atoms with Gasteiger partial charge < -0.3 is 15.6 Å². The maximum Gasteiger partial charge on any atom is 0.119 e. The van der Waals surface area contributed by atoms with Crippen LogP contribution in [0.3, 0.4) is 0 Å². The van der Waals surface area contributed by atoms with Crippen molar-refractivity contribution in [1.82, 2.24) is 0 Å². The monoisotopic (exact) mass is 235 g/mol. The third-order valence-corrected chi connectivity index (χ3v) is 3.84. The molecule has 0 heterocycles. The molecule has 94 valence electrons. The molecular weight excluding hydrogens is 214 g/mol. The predicted octanol–water partition coefficient (Wildman–Crippen LogP) is 2.16. The second kappa shape index (κ2) is 5.07. The zero-order valence-corrected chi connectivity index (χ0v) is 10.5. The number of aliphatic hydroxyl groups excluding tert-OH is 1. The highest BCUT2D eigenvalue weighted by molar-refractivity contribution is 5.37. The second-order valence-corrected chi connectivity index (χ2v) is 4.93. The van der Waals surface area contributed by atoms with Crippen LogP contribution in [0.4, 0.5) is 0 Å². The van der Waals surface area contributed by atoms with Crippen LogP contribution in [0.2, 0.25) is 0 Å². The largest absolute Gasteiger partial charge is 0.497 e. The molecule has 2 rings (SSSR count). The second-order valence-electron chi connectivity index (χ2n) is 4.93. The first-order valence-electron chi connectivity index (χ1n) is 6.21. The van der Waals surface area contributed by atoms with Gasteiger partial charge in [-0.15, -0.1) is 0 Å². The molecule has 0 bridgehead atoms. The van der Waals surface area contributed by atoms with Crippen molar-refractivity contribution >= 4 is 0 Å². The highest BCUT2D eigenvalue weighted by Crippen LogP contribution is 2.35. The van der Waals surface area contributed by atoms with Gasteiger partial charge in [0.25, 0.3) is 0 Å². The summed E-state index contributed by atoms with van der Waals surface area (Å²) in [5, 5.41) is 10.2. The fourth-order valence-corrected chi connectivity index (χ4v) is 2.41. The van der Waals surface area contributed by atoms with E-state index in [1.54, 1.807) is 7.11 Å². The average Bonchev–Trinajstić information content (AvgIpc) is 2.25. The molecule has 3 heteroatoms. The van der Waals surface area contributed by atoms with Gasteiger partial charge in [-0.05, 0) is 48.9 Å². The summed E-state index contributed by atoms with van der Waals surface area (Å²) in [6.45, 7) is 2.01. The van der Waals surface area contributed by atoms with E-state index in [0.717, 1.165) is 29.7 Å². The number of aryl methyl sites for hydroxylation is 1. The molecule has 0 saturated heterocycles. The smallest absolute Gasteiger partial charge is 0.119 e. The van der Waals surface area contributed by atoms with E-state index in [4.69, 9.17) is 10.5 Å². The Bertz CT molecular complexity index is 388. The summed E-state index contributed by atoms with van der Waals surface area (Å²) < 4.78 is 5.17. The van der Waals surface area contributed by atoms with Crippen molar-refractivity contribution < 1.29 is 9.84 Å². The molecule has 1 aliphatic carbocycles. The molecule has 1 saturated carbocycles. The average molecular weight is 235 g/mol. The van der Waals surface area contributed by atoms with Crippen molar-refractivity contribution in [1.29, 1.82) is 0 Å². The van der Waals surface area contributed by atoms with Crippen molar-refractivity contribution in [3.63, 3.8) is 0 Å². The summed E-state index contributed by atoms with van der Waals surface area (Å²) in [5.74, 6) is 1.21. The van der Waals surface area contributed by atoms with Gasteiger partial charge in [-0.3, -0.25) is 0 Å². The van der Waals surface area contributed by atoms with Crippen LogP contribution in [0.15, 0.2) is 18.2 Å². The Balaban J connectivity index is 2.15. The minimum atomic E-state index is -0.421. The maximum atomic E-state index is 10.2. The van der Waals surface area contributed by atoms with Crippen molar-refractivity contribution in [3.8, 4) is 5.75 Å². The van der Waals surface area contributed by atoms with Crippen molar-refractivity contribution in [2.45, 2.75) is 38.3 Å². The van der Waals surface area contributed by atoms with Crippen LogP contribution in [0, 0.1) is 12.8 Å². The SMILES string of the molecule is COc1ccc([C@@H](N)[C@@H](O)C2CCC2)c(C)c1. The van der Waals surface area contributed by atoms with Gasteiger partial charge in [0.1, 0.15) is 5.75 Å². The molecule has 1 aromatic carbocycles. The molecule has 1 aromatic rings. The molecule has 3 N–H and O–H groups in total. The van der Waals surface area contributed by atoms with Crippen molar-refractivity contribution in [2.24, 2.45) is 11.7 Å². The van der Waals surface area contributed by atoms with Crippen molar-refractivity contribution in [3.05, 3.63) is 29.3 Å². The first-order chi connectivity index (χ1) is 8.13. The van der Waals surface area contributed by atoms with Crippen LogP contribution < -0.4 is 10.5 Å². The summed E-state index contributed by atoms with van der Waals surface area (Å²) in [6.07, 6.45) is 3.00. The van der Waals surface area contributed by atoms with Gasteiger partial charge in [0.05, 0.1) is 19.3 Å². The lowest BCUT2D eigenvalue weighted by Crippen LogP contribution is -2.36. The Kier molecular flexibility index (Phi) is 3.69. The van der Waals surface area contributed by atoms with E-state index in [-0.39, 0.29) is 6.04 Å². The van der Waals surface area contributed by atoms with Crippen LogP contribution >= 0.6 is 0 Å². The first kappa shape index (κ1) is 12.4. The normalized spacial score (nSPS) is 19.5. The van der Waals surface area contributed by atoms with Gasteiger partial charge in [0, 0.05) is 0 Å². The van der Waals surface area contributed by atoms with Gasteiger partial charge in [-0.25, -0.2) is 0 Å². The van der Waals surface area contributed by atoms with E-state index in [0.29, 0.717) is 5.92 Å². The van der Waals surface area contributed by atoms with E-state index in [9.17, 15) is 5.11 Å². The molecule has 0 radical (unpaired) electrons. The Labute approximate surface area is 103 Å². The zero-order valence-electron chi connectivity index (χ0n) is 10.5. The zero-order chi connectivity index (χ0) is 12.4. The number of rotatable bonds is 4. The molecular formula is C14H21NO2. The minimum Gasteiger partial charge on any atom is -0.497 e. The highest BCUT2D eigenvalue weighted by atomic mass is 16.5. The Morgan fingerprint density at radius 2 is 2.12 bits per heavy atom. The molecule has 0 amide bonds. The van der Waals surface area contributed by atoms with E-state index >= 15 is 0 Å². The van der Waals surface area contributed by atoms with Gasteiger partial charge in [-0.1, -0.05) is 12.5 Å². The molecule has 0 spiro atoms. The molecule has 0 aliphatic heterocycles. The number of aliphatic hydroxyl groups is 1. The minimum absolute atomic E-state index is 0.286.